The van der Waals surface area contributed by atoms with Crippen molar-refractivity contribution in [3.63, 3.8) is 0 Å². The zero-order valence-electron chi connectivity index (χ0n) is 14.3. The van der Waals surface area contributed by atoms with Crippen LogP contribution in [0.15, 0.2) is 18.2 Å². The van der Waals surface area contributed by atoms with E-state index in [1.165, 1.54) is 36.8 Å². The number of unbranched alkanes of at least 4 members (excludes halogenated alkanes) is 4. The van der Waals surface area contributed by atoms with Gasteiger partial charge in [-0.25, -0.2) is 0 Å². The third-order valence-corrected chi connectivity index (χ3v) is 5.03. The molecule has 4 nitrogen and oxygen atoms in total. The summed E-state index contributed by atoms with van der Waals surface area (Å²) in [6.07, 6.45) is 7.77. The van der Waals surface area contributed by atoms with Crippen LogP contribution in [0.4, 0.5) is 0 Å². The summed E-state index contributed by atoms with van der Waals surface area (Å²) in [5.41, 5.74) is 7.71. The van der Waals surface area contributed by atoms with E-state index in [9.17, 15) is 10.2 Å². The molecule has 23 heavy (non-hydrogen) atoms. The molecule has 0 saturated carbocycles. The van der Waals surface area contributed by atoms with Gasteiger partial charge in [-0.05, 0) is 48.4 Å². The lowest BCUT2D eigenvalue weighted by atomic mass is 9.84. The van der Waals surface area contributed by atoms with Crippen LogP contribution in [-0.4, -0.2) is 35.6 Å². The maximum absolute atomic E-state index is 9.47. The van der Waals surface area contributed by atoms with Gasteiger partial charge in [-0.1, -0.05) is 38.7 Å². The van der Waals surface area contributed by atoms with Gasteiger partial charge in [0.05, 0.1) is 25.4 Å². The van der Waals surface area contributed by atoms with Crippen molar-refractivity contribution < 1.29 is 14.9 Å². The first-order valence-electron chi connectivity index (χ1n) is 8.88. The number of rotatable bonds is 10. The first-order chi connectivity index (χ1) is 11.1. The van der Waals surface area contributed by atoms with Gasteiger partial charge < -0.3 is 20.7 Å². The summed E-state index contributed by atoms with van der Waals surface area (Å²) in [6, 6.07) is 6.21. The highest BCUT2D eigenvalue weighted by Gasteiger charge is 2.38. The zero-order valence-corrected chi connectivity index (χ0v) is 14.3. The van der Waals surface area contributed by atoms with Crippen molar-refractivity contribution in [2.24, 2.45) is 11.7 Å². The second-order valence-corrected chi connectivity index (χ2v) is 6.85. The average molecular weight is 321 g/mol. The van der Waals surface area contributed by atoms with E-state index in [1.54, 1.807) is 0 Å². The van der Waals surface area contributed by atoms with Gasteiger partial charge >= 0.3 is 0 Å². The Kier molecular flexibility index (Phi) is 6.88. The van der Waals surface area contributed by atoms with E-state index in [0.29, 0.717) is 0 Å². The summed E-state index contributed by atoms with van der Waals surface area (Å²) >= 11 is 0. The fourth-order valence-corrected chi connectivity index (χ4v) is 3.29. The van der Waals surface area contributed by atoms with Crippen LogP contribution in [0.3, 0.4) is 0 Å². The topological polar surface area (TPSA) is 75.7 Å². The molecule has 0 aliphatic heterocycles. The summed E-state index contributed by atoms with van der Waals surface area (Å²) < 4.78 is 5.85. The van der Waals surface area contributed by atoms with Crippen molar-refractivity contribution in [2.45, 2.75) is 57.4 Å². The van der Waals surface area contributed by atoms with Gasteiger partial charge in [0.1, 0.15) is 5.75 Å². The molecule has 1 aromatic carbocycles. The van der Waals surface area contributed by atoms with E-state index in [-0.39, 0.29) is 19.1 Å². The van der Waals surface area contributed by atoms with Crippen LogP contribution in [0.5, 0.6) is 5.75 Å². The highest BCUT2D eigenvalue weighted by atomic mass is 16.5. The smallest absolute Gasteiger partial charge is 0.119 e. The van der Waals surface area contributed by atoms with Crippen LogP contribution < -0.4 is 10.5 Å². The van der Waals surface area contributed by atoms with Gasteiger partial charge in [-0.15, -0.1) is 0 Å². The maximum atomic E-state index is 9.47. The molecule has 0 spiro atoms. The lowest BCUT2D eigenvalue weighted by Crippen LogP contribution is -2.54. The van der Waals surface area contributed by atoms with Crippen molar-refractivity contribution in [3.05, 3.63) is 29.3 Å². The first kappa shape index (κ1) is 18.2. The molecular weight excluding hydrogens is 290 g/mol. The summed E-state index contributed by atoms with van der Waals surface area (Å²) in [4.78, 5) is 0. The molecule has 4 N–H and O–H groups in total. The Morgan fingerprint density at radius 3 is 2.48 bits per heavy atom. The molecule has 1 aliphatic carbocycles. The number of fused-ring (bicyclic) bond motifs is 1. The monoisotopic (exact) mass is 321 g/mol. The minimum absolute atomic E-state index is 0.0804. The fraction of sp³-hybridized carbons (Fsp3) is 0.684. The third kappa shape index (κ3) is 4.69. The summed E-state index contributed by atoms with van der Waals surface area (Å²) in [5, 5.41) is 18.9. The second-order valence-electron chi connectivity index (χ2n) is 6.85. The van der Waals surface area contributed by atoms with E-state index < -0.39 is 5.54 Å². The van der Waals surface area contributed by atoms with Crippen molar-refractivity contribution in [1.82, 2.24) is 0 Å². The molecule has 1 atom stereocenters. The number of hydrogen-bond acceptors (Lipinski definition) is 4. The molecule has 0 bridgehead atoms. The molecule has 0 amide bonds. The number of nitrogens with two attached hydrogens (primary N) is 1. The standard InChI is InChI=1S/C19H31NO3/c1-2-3-4-5-6-9-23-18-8-7-15-10-17(11-16(15)12-18)19(20,13-21)14-22/h7-8,12,17,21-22H,2-6,9-11,13-14,20H2,1H3/t17-/m1/s1. The Labute approximate surface area is 139 Å². The van der Waals surface area contributed by atoms with E-state index >= 15 is 0 Å². The molecule has 0 radical (unpaired) electrons. The SMILES string of the molecule is CCCCCCCOc1ccc2c(c1)C[C@H](C(N)(CO)CO)C2. The van der Waals surface area contributed by atoms with Crippen molar-refractivity contribution >= 4 is 0 Å². The van der Waals surface area contributed by atoms with Crippen LogP contribution in [0.25, 0.3) is 0 Å². The summed E-state index contributed by atoms with van der Waals surface area (Å²) in [7, 11) is 0. The predicted octanol–water partition coefficient (Wildman–Crippen LogP) is 2.43. The summed E-state index contributed by atoms with van der Waals surface area (Å²) in [6.45, 7) is 2.60. The molecule has 0 heterocycles. The lowest BCUT2D eigenvalue weighted by molar-refractivity contribution is 0.0783. The number of hydrogen-bond donors (Lipinski definition) is 3. The Hall–Kier alpha value is -1.10. The van der Waals surface area contributed by atoms with Crippen LogP contribution in [0, 0.1) is 5.92 Å². The van der Waals surface area contributed by atoms with Crippen LogP contribution >= 0.6 is 0 Å². The molecule has 0 unspecified atom stereocenters. The highest BCUT2D eigenvalue weighted by Crippen LogP contribution is 2.34. The zero-order chi connectivity index (χ0) is 16.7. The Morgan fingerprint density at radius 1 is 1.09 bits per heavy atom. The number of ether oxygens (including phenoxy) is 1. The molecule has 0 saturated heterocycles. The van der Waals surface area contributed by atoms with E-state index in [4.69, 9.17) is 10.5 Å². The van der Waals surface area contributed by atoms with Gasteiger partial charge in [0.15, 0.2) is 0 Å². The largest absolute Gasteiger partial charge is 0.494 e. The minimum atomic E-state index is -0.903. The summed E-state index contributed by atoms with van der Waals surface area (Å²) in [5.74, 6) is 0.993. The lowest BCUT2D eigenvalue weighted by Gasteiger charge is -2.31. The van der Waals surface area contributed by atoms with E-state index in [0.717, 1.165) is 31.6 Å². The Balaban J connectivity index is 1.85. The van der Waals surface area contributed by atoms with E-state index in [2.05, 4.69) is 19.1 Å². The minimum Gasteiger partial charge on any atom is -0.494 e. The molecule has 2 rings (SSSR count). The van der Waals surface area contributed by atoms with Crippen molar-refractivity contribution in [3.8, 4) is 5.75 Å². The number of aliphatic hydroxyl groups is 2. The van der Waals surface area contributed by atoms with Gasteiger partial charge in [-0.2, -0.15) is 0 Å². The molecule has 0 aromatic heterocycles. The van der Waals surface area contributed by atoms with E-state index in [1.807, 2.05) is 6.07 Å². The number of benzene rings is 1. The average Bonchev–Trinajstić information content (AvgIpc) is 3.01. The fourth-order valence-electron chi connectivity index (χ4n) is 3.29. The van der Waals surface area contributed by atoms with Gasteiger partial charge in [-0.3, -0.25) is 0 Å². The van der Waals surface area contributed by atoms with Gasteiger partial charge in [0.2, 0.25) is 0 Å². The first-order valence-corrected chi connectivity index (χ1v) is 8.88. The van der Waals surface area contributed by atoms with Crippen molar-refractivity contribution in [1.29, 1.82) is 0 Å². The molecule has 0 fully saturated rings. The predicted molar refractivity (Wildman–Crippen MR) is 92.7 cm³/mol. The second kappa shape index (κ2) is 8.67. The van der Waals surface area contributed by atoms with Crippen LogP contribution in [0.2, 0.25) is 0 Å². The van der Waals surface area contributed by atoms with Crippen molar-refractivity contribution in [2.75, 3.05) is 19.8 Å². The maximum Gasteiger partial charge on any atom is 0.119 e. The third-order valence-electron chi connectivity index (χ3n) is 5.03. The number of aliphatic hydroxyl groups excluding tert-OH is 2. The molecule has 4 heteroatoms. The molecule has 130 valence electrons. The molecule has 1 aromatic rings. The molecule has 1 aliphatic rings. The van der Waals surface area contributed by atoms with Gasteiger partial charge in [0, 0.05) is 0 Å². The highest BCUT2D eigenvalue weighted by molar-refractivity contribution is 5.40. The Morgan fingerprint density at radius 2 is 1.78 bits per heavy atom. The Bertz CT molecular complexity index is 486. The quantitative estimate of drug-likeness (QED) is 0.579. The van der Waals surface area contributed by atoms with Gasteiger partial charge in [0.25, 0.3) is 0 Å². The van der Waals surface area contributed by atoms with Crippen LogP contribution in [0.1, 0.15) is 50.2 Å². The van der Waals surface area contributed by atoms with Crippen LogP contribution in [-0.2, 0) is 12.8 Å². The molecular formula is C19H31NO3. The normalized spacial score (nSPS) is 17.3.